The van der Waals surface area contributed by atoms with Gasteiger partial charge in [0, 0.05) is 12.1 Å². The van der Waals surface area contributed by atoms with Gasteiger partial charge in [0.15, 0.2) is 5.82 Å². The normalized spacial score (nSPS) is 10.4. The Labute approximate surface area is 160 Å². The number of aromatic nitrogens is 3. The molecule has 0 fully saturated rings. The number of thioether (sulfide) groups is 1. The minimum atomic E-state index is -0.386. The molecule has 0 spiro atoms. The summed E-state index contributed by atoms with van der Waals surface area (Å²) in [5.74, 6) is 0.377. The molecule has 0 bridgehead atoms. The number of ether oxygens (including phenoxy) is 1. The van der Waals surface area contributed by atoms with Gasteiger partial charge in [0.1, 0.15) is 0 Å². The number of carbonyl (C=O) groups is 2. The lowest BCUT2D eigenvalue weighted by Crippen LogP contribution is -2.24. The first-order valence-electron chi connectivity index (χ1n) is 8.20. The molecule has 138 valence electrons. The van der Waals surface area contributed by atoms with Crippen LogP contribution in [0.1, 0.15) is 15.9 Å². The zero-order chi connectivity index (χ0) is 19.1. The predicted octanol–water partition coefficient (Wildman–Crippen LogP) is 2.67. The second kappa shape index (κ2) is 9.00. The average Bonchev–Trinajstić information content (AvgIpc) is 3.20. The summed E-state index contributed by atoms with van der Waals surface area (Å²) in [6, 6.07) is 16.6. The number of nitrogens with one attached hydrogen (secondary N) is 2. The first-order valence-corrected chi connectivity index (χ1v) is 9.19. The van der Waals surface area contributed by atoms with Crippen LogP contribution in [0.4, 0.5) is 0 Å². The van der Waals surface area contributed by atoms with Gasteiger partial charge in [0.2, 0.25) is 11.1 Å². The Balaban J connectivity index is 1.46. The summed E-state index contributed by atoms with van der Waals surface area (Å²) in [6.07, 6.45) is 0. The van der Waals surface area contributed by atoms with E-state index in [9.17, 15) is 9.59 Å². The van der Waals surface area contributed by atoms with Crippen molar-refractivity contribution >= 4 is 23.6 Å². The molecule has 1 aromatic heterocycles. The summed E-state index contributed by atoms with van der Waals surface area (Å²) in [5, 5.41) is 10.3. The number of hydrogen-bond donors (Lipinski definition) is 2. The molecule has 0 saturated carbocycles. The Morgan fingerprint density at radius 2 is 1.85 bits per heavy atom. The second-order valence-electron chi connectivity index (χ2n) is 5.59. The first-order chi connectivity index (χ1) is 13.2. The summed E-state index contributed by atoms with van der Waals surface area (Å²) in [4.78, 5) is 27.8. The summed E-state index contributed by atoms with van der Waals surface area (Å²) in [6.45, 7) is 0.379. The average molecular weight is 382 g/mol. The largest absolute Gasteiger partial charge is 0.465 e. The summed E-state index contributed by atoms with van der Waals surface area (Å²) in [7, 11) is 1.34. The standard InChI is InChI=1S/C19H18N4O3S/c1-26-18(25)15-9-7-13(8-10-15)11-20-16(24)12-27-19-21-17(22-23-19)14-5-3-2-4-6-14/h2-10H,11-12H2,1H3,(H,20,24)(H,21,22,23). The van der Waals surface area contributed by atoms with Crippen molar-refractivity contribution in [1.82, 2.24) is 20.5 Å². The van der Waals surface area contributed by atoms with E-state index in [0.29, 0.717) is 23.1 Å². The summed E-state index contributed by atoms with van der Waals surface area (Å²) in [5.41, 5.74) is 2.31. The minimum absolute atomic E-state index is 0.122. The van der Waals surface area contributed by atoms with Crippen molar-refractivity contribution in [2.45, 2.75) is 11.7 Å². The topological polar surface area (TPSA) is 97.0 Å². The van der Waals surface area contributed by atoms with Crippen molar-refractivity contribution < 1.29 is 14.3 Å². The molecule has 0 atom stereocenters. The molecule has 0 aliphatic carbocycles. The van der Waals surface area contributed by atoms with Crippen LogP contribution in [0.3, 0.4) is 0 Å². The number of nitrogens with zero attached hydrogens (tertiary/aromatic N) is 2. The van der Waals surface area contributed by atoms with E-state index in [0.717, 1.165) is 11.1 Å². The van der Waals surface area contributed by atoms with E-state index in [2.05, 4.69) is 25.2 Å². The van der Waals surface area contributed by atoms with Crippen LogP contribution in [-0.4, -0.2) is 39.9 Å². The van der Waals surface area contributed by atoms with E-state index in [1.54, 1.807) is 24.3 Å². The fraction of sp³-hybridized carbons (Fsp3) is 0.158. The quantitative estimate of drug-likeness (QED) is 0.482. The lowest BCUT2D eigenvalue weighted by atomic mass is 10.1. The number of benzene rings is 2. The van der Waals surface area contributed by atoms with E-state index >= 15 is 0 Å². The fourth-order valence-corrected chi connectivity index (χ4v) is 2.92. The van der Waals surface area contributed by atoms with Crippen LogP contribution in [0, 0.1) is 0 Å². The van der Waals surface area contributed by atoms with Crippen LogP contribution in [-0.2, 0) is 16.1 Å². The highest BCUT2D eigenvalue weighted by Gasteiger charge is 2.09. The lowest BCUT2D eigenvalue weighted by molar-refractivity contribution is -0.118. The summed E-state index contributed by atoms with van der Waals surface area (Å²) < 4.78 is 4.65. The van der Waals surface area contributed by atoms with Crippen molar-refractivity contribution in [3.63, 3.8) is 0 Å². The third-order valence-corrected chi connectivity index (χ3v) is 4.56. The molecule has 1 heterocycles. The molecule has 3 aromatic rings. The maximum Gasteiger partial charge on any atom is 0.337 e. The number of aromatic amines is 1. The smallest absolute Gasteiger partial charge is 0.337 e. The van der Waals surface area contributed by atoms with Crippen molar-refractivity contribution in [1.29, 1.82) is 0 Å². The van der Waals surface area contributed by atoms with Crippen molar-refractivity contribution in [2.75, 3.05) is 12.9 Å². The van der Waals surface area contributed by atoms with Gasteiger partial charge >= 0.3 is 5.97 Å². The Hall–Kier alpha value is -3.13. The van der Waals surface area contributed by atoms with Gasteiger partial charge < -0.3 is 10.1 Å². The maximum atomic E-state index is 12.0. The molecule has 0 aliphatic rings. The molecule has 2 N–H and O–H groups in total. The van der Waals surface area contributed by atoms with E-state index in [-0.39, 0.29) is 17.6 Å². The molecule has 27 heavy (non-hydrogen) atoms. The zero-order valence-corrected chi connectivity index (χ0v) is 15.5. The molecule has 7 nitrogen and oxygen atoms in total. The van der Waals surface area contributed by atoms with Gasteiger partial charge in [-0.3, -0.25) is 9.89 Å². The monoisotopic (exact) mass is 382 g/mol. The van der Waals surface area contributed by atoms with Crippen LogP contribution < -0.4 is 5.32 Å². The highest BCUT2D eigenvalue weighted by atomic mass is 32.2. The molecule has 8 heteroatoms. The number of amides is 1. The first kappa shape index (κ1) is 18.7. The molecule has 0 saturated heterocycles. The molecule has 0 unspecified atom stereocenters. The molecule has 2 aromatic carbocycles. The van der Waals surface area contributed by atoms with Gasteiger partial charge in [-0.15, -0.1) is 5.10 Å². The van der Waals surface area contributed by atoms with Crippen LogP contribution >= 0.6 is 11.8 Å². The van der Waals surface area contributed by atoms with E-state index < -0.39 is 0 Å². The van der Waals surface area contributed by atoms with Crippen LogP contribution in [0.25, 0.3) is 11.4 Å². The van der Waals surface area contributed by atoms with E-state index in [1.807, 2.05) is 30.3 Å². The number of hydrogen-bond acceptors (Lipinski definition) is 6. The van der Waals surface area contributed by atoms with Gasteiger partial charge in [-0.25, -0.2) is 9.78 Å². The lowest BCUT2D eigenvalue weighted by Gasteiger charge is -2.05. The van der Waals surface area contributed by atoms with Gasteiger partial charge in [-0.05, 0) is 17.7 Å². The Bertz CT molecular complexity index is 910. The number of carbonyl (C=O) groups excluding carboxylic acids is 2. The third-order valence-electron chi connectivity index (χ3n) is 3.71. The maximum absolute atomic E-state index is 12.0. The van der Waals surface area contributed by atoms with Crippen molar-refractivity contribution in [3.8, 4) is 11.4 Å². The second-order valence-corrected chi connectivity index (χ2v) is 6.53. The number of H-pyrrole nitrogens is 1. The Kier molecular flexibility index (Phi) is 6.22. The Morgan fingerprint density at radius 3 is 2.56 bits per heavy atom. The van der Waals surface area contributed by atoms with Crippen molar-refractivity contribution in [2.24, 2.45) is 0 Å². The third kappa shape index (κ3) is 5.18. The van der Waals surface area contributed by atoms with E-state index in [4.69, 9.17) is 0 Å². The van der Waals surface area contributed by atoms with Gasteiger partial charge in [-0.2, -0.15) is 0 Å². The molecular weight excluding hydrogens is 364 g/mol. The Morgan fingerprint density at radius 1 is 1.11 bits per heavy atom. The molecule has 3 rings (SSSR count). The molecule has 0 aliphatic heterocycles. The number of rotatable bonds is 7. The highest BCUT2D eigenvalue weighted by Crippen LogP contribution is 2.18. The molecule has 0 radical (unpaired) electrons. The SMILES string of the molecule is COC(=O)c1ccc(CNC(=O)CSc2n[nH]c(-c3ccccc3)n2)cc1. The van der Waals surface area contributed by atoms with Crippen LogP contribution in [0.15, 0.2) is 59.8 Å². The minimum Gasteiger partial charge on any atom is -0.465 e. The fourth-order valence-electron chi connectivity index (χ4n) is 2.29. The van der Waals surface area contributed by atoms with Gasteiger partial charge in [0.25, 0.3) is 0 Å². The zero-order valence-electron chi connectivity index (χ0n) is 14.6. The number of methoxy groups -OCH3 is 1. The number of esters is 1. The highest BCUT2D eigenvalue weighted by molar-refractivity contribution is 7.99. The van der Waals surface area contributed by atoms with E-state index in [1.165, 1.54) is 18.9 Å². The molecular formula is C19H18N4O3S. The van der Waals surface area contributed by atoms with Crippen LogP contribution in [0.2, 0.25) is 0 Å². The predicted molar refractivity (Wildman–Crippen MR) is 102 cm³/mol. The molecule has 1 amide bonds. The summed E-state index contributed by atoms with van der Waals surface area (Å²) >= 11 is 1.26. The van der Waals surface area contributed by atoms with Gasteiger partial charge in [0.05, 0.1) is 18.4 Å². The van der Waals surface area contributed by atoms with Crippen LogP contribution in [0.5, 0.6) is 0 Å². The van der Waals surface area contributed by atoms with Crippen molar-refractivity contribution in [3.05, 3.63) is 65.7 Å². The van der Waals surface area contributed by atoms with Gasteiger partial charge in [-0.1, -0.05) is 54.2 Å².